The number of carbonyl (C=O) groups excluding carboxylic acids is 1. The Morgan fingerprint density at radius 3 is 2.90 bits per heavy atom. The fourth-order valence-corrected chi connectivity index (χ4v) is 2.17. The van der Waals surface area contributed by atoms with Gasteiger partial charge in [0.2, 0.25) is 5.91 Å². The first-order chi connectivity index (χ1) is 9.15. The average molecular weight is 303 g/mol. The van der Waals surface area contributed by atoms with E-state index in [0.29, 0.717) is 13.1 Å². The molecule has 1 fully saturated rings. The highest BCUT2D eigenvalue weighted by atomic mass is 35.5. The minimum Gasteiger partial charge on any atom is -0.464 e. The van der Waals surface area contributed by atoms with Gasteiger partial charge in [0.1, 0.15) is 11.5 Å². The van der Waals surface area contributed by atoms with E-state index >= 15 is 0 Å². The minimum atomic E-state index is 0. The fraction of sp³-hybridized carbons (Fsp3) is 0.643. The molecule has 1 atom stereocenters. The maximum Gasteiger partial charge on any atom is 0.236 e. The second-order valence-corrected chi connectivity index (χ2v) is 5.03. The number of carbonyl (C=O) groups is 1. The van der Waals surface area contributed by atoms with Gasteiger partial charge in [-0.1, -0.05) is 0 Å². The van der Waals surface area contributed by atoms with E-state index in [1.165, 1.54) is 0 Å². The molecule has 0 aromatic carbocycles. The third-order valence-corrected chi connectivity index (χ3v) is 3.29. The lowest BCUT2D eigenvalue weighted by molar-refractivity contribution is -0.129. The number of halogens is 1. The van der Waals surface area contributed by atoms with Crippen molar-refractivity contribution in [1.29, 1.82) is 0 Å². The number of ether oxygens (including phenoxy) is 1. The topological polar surface area (TPSA) is 54.7 Å². The van der Waals surface area contributed by atoms with Crippen molar-refractivity contribution in [2.24, 2.45) is 0 Å². The van der Waals surface area contributed by atoms with Crippen LogP contribution in [0.5, 0.6) is 0 Å². The molecule has 1 amide bonds. The van der Waals surface area contributed by atoms with Gasteiger partial charge >= 0.3 is 0 Å². The number of furan rings is 1. The van der Waals surface area contributed by atoms with E-state index in [0.717, 1.165) is 37.5 Å². The zero-order chi connectivity index (χ0) is 13.7. The van der Waals surface area contributed by atoms with Crippen LogP contribution in [0.2, 0.25) is 0 Å². The summed E-state index contributed by atoms with van der Waals surface area (Å²) in [5.74, 6) is 1.74. The highest BCUT2D eigenvalue weighted by Gasteiger charge is 2.16. The molecule has 114 valence electrons. The second kappa shape index (κ2) is 8.29. The van der Waals surface area contributed by atoms with Gasteiger partial charge < -0.3 is 19.4 Å². The zero-order valence-electron chi connectivity index (χ0n) is 12.1. The lowest BCUT2D eigenvalue weighted by Gasteiger charge is -2.17. The van der Waals surface area contributed by atoms with E-state index < -0.39 is 0 Å². The summed E-state index contributed by atoms with van der Waals surface area (Å²) < 4.78 is 10.9. The van der Waals surface area contributed by atoms with Crippen LogP contribution in [0, 0.1) is 6.92 Å². The molecule has 20 heavy (non-hydrogen) atoms. The minimum absolute atomic E-state index is 0. The van der Waals surface area contributed by atoms with Crippen molar-refractivity contribution in [2.45, 2.75) is 32.4 Å². The quantitative estimate of drug-likeness (QED) is 0.869. The highest BCUT2D eigenvalue weighted by Crippen LogP contribution is 2.10. The van der Waals surface area contributed by atoms with Gasteiger partial charge in [-0.15, -0.1) is 12.4 Å². The molecule has 2 rings (SSSR count). The number of nitrogens with zero attached hydrogens (tertiary/aromatic N) is 1. The van der Waals surface area contributed by atoms with Gasteiger partial charge in [0.25, 0.3) is 0 Å². The van der Waals surface area contributed by atoms with Crippen molar-refractivity contribution in [2.75, 3.05) is 26.7 Å². The normalized spacial score (nSPS) is 17.8. The highest BCUT2D eigenvalue weighted by molar-refractivity contribution is 5.85. The summed E-state index contributed by atoms with van der Waals surface area (Å²) in [5, 5.41) is 3.15. The first kappa shape index (κ1) is 17.0. The molecule has 2 heterocycles. The molecule has 6 heteroatoms. The van der Waals surface area contributed by atoms with E-state index in [1.807, 2.05) is 19.1 Å². The molecule has 1 aromatic rings. The maximum atomic E-state index is 11.9. The maximum absolute atomic E-state index is 11.9. The molecular weight excluding hydrogens is 280 g/mol. The van der Waals surface area contributed by atoms with Crippen molar-refractivity contribution in [1.82, 2.24) is 10.2 Å². The molecule has 1 aliphatic heterocycles. The Balaban J connectivity index is 0.00000200. The van der Waals surface area contributed by atoms with Gasteiger partial charge in [-0.3, -0.25) is 4.79 Å². The summed E-state index contributed by atoms with van der Waals surface area (Å²) in [6.45, 7) is 4.34. The van der Waals surface area contributed by atoms with Crippen molar-refractivity contribution in [3.05, 3.63) is 23.7 Å². The molecule has 0 aliphatic carbocycles. The van der Waals surface area contributed by atoms with Gasteiger partial charge in [0.05, 0.1) is 19.2 Å². The SMILES string of the molecule is Cc1ccc(CN(C)C(=O)CNCC2CCCO2)o1.Cl. The number of amides is 1. The van der Waals surface area contributed by atoms with E-state index in [4.69, 9.17) is 9.15 Å². The Bertz CT molecular complexity index is 416. The molecule has 5 nitrogen and oxygen atoms in total. The second-order valence-electron chi connectivity index (χ2n) is 5.03. The molecule has 1 N–H and O–H groups in total. The largest absolute Gasteiger partial charge is 0.464 e. The van der Waals surface area contributed by atoms with Gasteiger partial charge in [-0.05, 0) is 31.9 Å². The molecule has 1 aliphatic rings. The molecule has 1 unspecified atom stereocenters. The molecular formula is C14H23ClN2O3. The Kier molecular flexibility index (Phi) is 7.05. The molecule has 0 radical (unpaired) electrons. The first-order valence-corrected chi connectivity index (χ1v) is 6.77. The smallest absolute Gasteiger partial charge is 0.236 e. The van der Waals surface area contributed by atoms with Crippen molar-refractivity contribution < 1.29 is 13.9 Å². The van der Waals surface area contributed by atoms with E-state index in [2.05, 4.69) is 5.32 Å². The monoisotopic (exact) mass is 302 g/mol. The van der Waals surface area contributed by atoms with Crippen LogP contribution in [0.3, 0.4) is 0 Å². The number of likely N-dealkylation sites (N-methyl/N-ethyl adjacent to an activating group) is 1. The number of rotatable bonds is 6. The van der Waals surface area contributed by atoms with Gasteiger partial charge in [-0.2, -0.15) is 0 Å². The van der Waals surface area contributed by atoms with Gasteiger partial charge in [-0.25, -0.2) is 0 Å². The molecule has 0 bridgehead atoms. The summed E-state index contributed by atoms with van der Waals surface area (Å²) in [5.41, 5.74) is 0. The zero-order valence-corrected chi connectivity index (χ0v) is 12.9. The van der Waals surface area contributed by atoms with Crippen LogP contribution in [-0.4, -0.2) is 43.7 Å². The standard InChI is InChI=1S/C14H22N2O3.ClH/c1-11-5-6-13(19-11)10-16(2)14(17)9-15-8-12-4-3-7-18-12;/h5-6,12,15H,3-4,7-10H2,1-2H3;1H. The molecule has 0 saturated carbocycles. The van der Waals surface area contributed by atoms with Crippen molar-refractivity contribution in [3.8, 4) is 0 Å². The number of hydrogen-bond acceptors (Lipinski definition) is 4. The number of nitrogens with one attached hydrogen (secondary N) is 1. The van der Waals surface area contributed by atoms with Crippen LogP contribution in [0.15, 0.2) is 16.5 Å². The average Bonchev–Trinajstić information content (AvgIpc) is 3.01. The van der Waals surface area contributed by atoms with Crippen LogP contribution >= 0.6 is 12.4 Å². The van der Waals surface area contributed by atoms with Gasteiger partial charge in [0.15, 0.2) is 0 Å². The molecule has 1 aromatic heterocycles. The summed E-state index contributed by atoms with van der Waals surface area (Å²) in [6, 6.07) is 3.81. The van der Waals surface area contributed by atoms with Crippen molar-refractivity contribution in [3.63, 3.8) is 0 Å². The lowest BCUT2D eigenvalue weighted by atomic mass is 10.2. The van der Waals surface area contributed by atoms with Crippen LogP contribution in [0.1, 0.15) is 24.4 Å². The fourth-order valence-electron chi connectivity index (χ4n) is 2.17. The third kappa shape index (κ3) is 5.15. The summed E-state index contributed by atoms with van der Waals surface area (Å²) in [7, 11) is 1.79. The summed E-state index contributed by atoms with van der Waals surface area (Å²) >= 11 is 0. The van der Waals surface area contributed by atoms with Crippen molar-refractivity contribution >= 4 is 18.3 Å². The Morgan fingerprint density at radius 2 is 2.30 bits per heavy atom. The van der Waals surface area contributed by atoms with Crippen LogP contribution in [-0.2, 0) is 16.1 Å². The number of aryl methyl sites for hydroxylation is 1. The van der Waals surface area contributed by atoms with Gasteiger partial charge in [0, 0.05) is 20.2 Å². The molecule has 0 spiro atoms. The predicted octanol–water partition coefficient (Wildman–Crippen LogP) is 1.74. The van der Waals surface area contributed by atoms with Crippen LogP contribution in [0.25, 0.3) is 0 Å². The third-order valence-electron chi connectivity index (χ3n) is 3.29. The summed E-state index contributed by atoms with van der Waals surface area (Å²) in [4.78, 5) is 13.6. The predicted molar refractivity (Wildman–Crippen MR) is 79.0 cm³/mol. The number of hydrogen-bond donors (Lipinski definition) is 1. The first-order valence-electron chi connectivity index (χ1n) is 6.77. The molecule has 1 saturated heterocycles. The van der Waals surface area contributed by atoms with Crippen LogP contribution in [0.4, 0.5) is 0 Å². The van der Waals surface area contributed by atoms with E-state index in [9.17, 15) is 4.79 Å². The lowest BCUT2D eigenvalue weighted by Crippen LogP contribution is -2.37. The summed E-state index contributed by atoms with van der Waals surface area (Å²) in [6.07, 6.45) is 2.48. The Labute approximate surface area is 126 Å². The van der Waals surface area contributed by atoms with E-state index in [-0.39, 0.29) is 24.4 Å². The van der Waals surface area contributed by atoms with Crippen LogP contribution < -0.4 is 5.32 Å². The van der Waals surface area contributed by atoms with E-state index in [1.54, 1.807) is 11.9 Å². The Morgan fingerprint density at radius 1 is 1.50 bits per heavy atom. The Hall–Kier alpha value is -1.04.